The largest absolute Gasteiger partial charge is 0.495 e. The van der Waals surface area contributed by atoms with Crippen molar-refractivity contribution < 1.29 is 19.0 Å². The monoisotopic (exact) mass is 342 g/mol. The second-order valence-corrected chi connectivity index (χ2v) is 5.67. The molecule has 1 amide bonds. The van der Waals surface area contributed by atoms with E-state index in [1.807, 2.05) is 48.5 Å². The van der Waals surface area contributed by atoms with Gasteiger partial charge in [-0.1, -0.05) is 30.3 Å². The van der Waals surface area contributed by atoms with Crippen molar-refractivity contribution in [2.75, 3.05) is 43.6 Å². The van der Waals surface area contributed by atoms with Gasteiger partial charge in [0.25, 0.3) is 0 Å². The molecular weight excluding hydrogens is 320 g/mol. The number of rotatable bonds is 5. The van der Waals surface area contributed by atoms with Crippen molar-refractivity contribution >= 4 is 17.5 Å². The standard InChI is InChI=1S/C19H22N2O4/c1-23-18-8-7-16(21-9-11-24-12-10-21)13-17(18)20-19(22)25-14-15-5-3-2-4-6-15/h2-8,13H,9-12,14H2,1H3,(H,20,22). The normalized spacial score (nSPS) is 14.0. The molecule has 0 spiro atoms. The zero-order valence-electron chi connectivity index (χ0n) is 14.2. The highest BCUT2D eigenvalue weighted by atomic mass is 16.5. The maximum atomic E-state index is 12.1. The van der Waals surface area contributed by atoms with Gasteiger partial charge in [0.1, 0.15) is 12.4 Å². The van der Waals surface area contributed by atoms with Crippen LogP contribution in [0.15, 0.2) is 48.5 Å². The van der Waals surface area contributed by atoms with Gasteiger partial charge in [-0.15, -0.1) is 0 Å². The van der Waals surface area contributed by atoms with Crippen molar-refractivity contribution in [2.45, 2.75) is 6.61 Å². The van der Waals surface area contributed by atoms with Crippen molar-refractivity contribution in [2.24, 2.45) is 0 Å². The Morgan fingerprint density at radius 3 is 2.64 bits per heavy atom. The minimum Gasteiger partial charge on any atom is -0.495 e. The highest BCUT2D eigenvalue weighted by Gasteiger charge is 2.15. The summed E-state index contributed by atoms with van der Waals surface area (Å²) in [7, 11) is 1.57. The minimum absolute atomic E-state index is 0.220. The molecule has 0 atom stereocenters. The summed E-state index contributed by atoms with van der Waals surface area (Å²) in [6.07, 6.45) is -0.513. The molecular formula is C19H22N2O4. The Balaban J connectivity index is 1.66. The van der Waals surface area contributed by atoms with E-state index in [0.29, 0.717) is 24.7 Å². The van der Waals surface area contributed by atoms with Crippen molar-refractivity contribution in [3.8, 4) is 5.75 Å². The van der Waals surface area contributed by atoms with Crippen LogP contribution in [0.3, 0.4) is 0 Å². The van der Waals surface area contributed by atoms with Crippen molar-refractivity contribution in [3.05, 3.63) is 54.1 Å². The Bertz CT molecular complexity index is 700. The fourth-order valence-electron chi connectivity index (χ4n) is 2.68. The Morgan fingerprint density at radius 1 is 1.16 bits per heavy atom. The van der Waals surface area contributed by atoms with Crippen molar-refractivity contribution in [1.29, 1.82) is 0 Å². The number of morpholine rings is 1. The Kier molecular flexibility index (Phi) is 5.74. The van der Waals surface area contributed by atoms with E-state index in [4.69, 9.17) is 14.2 Å². The molecule has 1 aliphatic heterocycles. The second kappa shape index (κ2) is 8.39. The molecule has 6 nitrogen and oxygen atoms in total. The van der Waals surface area contributed by atoms with E-state index in [1.165, 1.54) is 0 Å². The van der Waals surface area contributed by atoms with Gasteiger partial charge in [0.15, 0.2) is 0 Å². The Hall–Kier alpha value is -2.73. The zero-order valence-corrected chi connectivity index (χ0v) is 14.2. The van der Waals surface area contributed by atoms with E-state index < -0.39 is 6.09 Å². The highest BCUT2D eigenvalue weighted by molar-refractivity contribution is 5.87. The summed E-state index contributed by atoms with van der Waals surface area (Å²) < 4.78 is 16.0. The van der Waals surface area contributed by atoms with Gasteiger partial charge in [-0.25, -0.2) is 4.79 Å². The summed E-state index contributed by atoms with van der Waals surface area (Å²) in [4.78, 5) is 14.3. The average Bonchev–Trinajstić information content (AvgIpc) is 2.68. The first-order chi connectivity index (χ1) is 12.3. The number of methoxy groups -OCH3 is 1. The number of benzene rings is 2. The summed E-state index contributed by atoms with van der Waals surface area (Å²) in [6, 6.07) is 15.3. The maximum absolute atomic E-state index is 12.1. The van der Waals surface area contributed by atoms with E-state index in [0.717, 1.165) is 24.3 Å². The van der Waals surface area contributed by atoms with Gasteiger partial charge in [-0.3, -0.25) is 5.32 Å². The third-order valence-electron chi connectivity index (χ3n) is 4.01. The molecule has 25 heavy (non-hydrogen) atoms. The molecule has 0 unspecified atom stereocenters. The predicted octanol–water partition coefficient (Wildman–Crippen LogP) is 3.28. The van der Waals surface area contributed by atoms with E-state index in [9.17, 15) is 4.79 Å². The molecule has 1 N–H and O–H groups in total. The minimum atomic E-state index is -0.513. The van der Waals surface area contributed by atoms with Gasteiger partial charge >= 0.3 is 6.09 Å². The van der Waals surface area contributed by atoms with Crippen LogP contribution >= 0.6 is 0 Å². The molecule has 2 aromatic rings. The Labute approximate surface area is 147 Å². The molecule has 132 valence electrons. The van der Waals surface area contributed by atoms with E-state index in [-0.39, 0.29) is 6.61 Å². The summed E-state index contributed by atoms with van der Waals surface area (Å²) in [6.45, 7) is 3.27. The molecule has 0 radical (unpaired) electrons. The molecule has 0 saturated carbocycles. The number of nitrogens with one attached hydrogen (secondary N) is 1. The quantitative estimate of drug-likeness (QED) is 0.903. The molecule has 0 bridgehead atoms. The first kappa shape index (κ1) is 17.1. The van der Waals surface area contributed by atoms with Gasteiger partial charge < -0.3 is 19.1 Å². The molecule has 6 heteroatoms. The number of ether oxygens (including phenoxy) is 3. The number of nitrogens with zero attached hydrogens (tertiary/aromatic N) is 1. The maximum Gasteiger partial charge on any atom is 0.412 e. The fraction of sp³-hybridized carbons (Fsp3) is 0.316. The van der Waals surface area contributed by atoms with Gasteiger partial charge in [0.05, 0.1) is 26.0 Å². The molecule has 3 rings (SSSR count). The second-order valence-electron chi connectivity index (χ2n) is 5.67. The number of amides is 1. The van der Waals surface area contributed by atoms with Crippen LogP contribution in [0, 0.1) is 0 Å². The summed E-state index contributed by atoms with van der Waals surface area (Å²) >= 11 is 0. The summed E-state index contributed by atoms with van der Waals surface area (Å²) in [5.41, 5.74) is 2.54. The molecule has 1 heterocycles. The molecule has 1 aliphatic rings. The molecule has 1 saturated heterocycles. The average molecular weight is 342 g/mol. The third kappa shape index (κ3) is 4.64. The topological polar surface area (TPSA) is 60.0 Å². The molecule has 1 fully saturated rings. The molecule has 2 aromatic carbocycles. The number of anilines is 2. The lowest BCUT2D eigenvalue weighted by Gasteiger charge is -2.29. The Morgan fingerprint density at radius 2 is 1.92 bits per heavy atom. The number of carbonyl (C=O) groups excluding carboxylic acids is 1. The number of hydrogen-bond donors (Lipinski definition) is 1. The SMILES string of the molecule is COc1ccc(N2CCOCC2)cc1NC(=O)OCc1ccccc1. The van der Waals surface area contributed by atoms with Crippen LogP contribution in [0.2, 0.25) is 0 Å². The van der Waals surface area contributed by atoms with Crippen LogP contribution in [-0.2, 0) is 16.1 Å². The van der Waals surface area contributed by atoms with Crippen LogP contribution in [0.5, 0.6) is 5.75 Å². The number of carbonyl (C=O) groups is 1. The third-order valence-corrected chi connectivity index (χ3v) is 4.01. The van der Waals surface area contributed by atoms with Crippen LogP contribution in [0.1, 0.15) is 5.56 Å². The van der Waals surface area contributed by atoms with E-state index >= 15 is 0 Å². The summed E-state index contributed by atoms with van der Waals surface area (Å²) in [5, 5.41) is 2.77. The van der Waals surface area contributed by atoms with Gasteiger partial charge in [-0.2, -0.15) is 0 Å². The number of hydrogen-bond acceptors (Lipinski definition) is 5. The smallest absolute Gasteiger partial charge is 0.412 e. The molecule has 0 aliphatic carbocycles. The van der Waals surface area contributed by atoms with Gasteiger partial charge in [0, 0.05) is 18.8 Å². The van der Waals surface area contributed by atoms with Crippen molar-refractivity contribution in [1.82, 2.24) is 0 Å². The van der Waals surface area contributed by atoms with Crippen LogP contribution in [0.4, 0.5) is 16.2 Å². The lowest BCUT2D eigenvalue weighted by Crippen LogP contribution is -2.36. The first-order valence-corrected chi connectivity index (χ1v) is 8.24. The first-order valence-electron chi connectivity index (χ1n) is 8.24. The van der Waals surface area contributed by atoms with Crippen LogP contribution in [0.25, 0.3) is 0 Å². The molecule has 0 aromatic heterocycles. The van der Waals surface area contributed by atoms with Gasteiger partial charge in [-0.05, 0) is 23.8 Å². The lowest BCUT2D eigenvalue weighted by atomic mass is 10.2. The highest BCUT2D eigenvalue weighted by Crippen LogP contribution is 2.30. The zero-order chi connectivity index (χ0) is 17.5. The van der Waals surface area contributed by atoms with Crippen molar-refractivity contribution in [3.63, 3.8) is 0 Å². The van der Waals surface area contributed by atoms with Gasteiger partial charge in [0.2, 0.25) is 0 Å². The predicted molar refractivity (Wildman–Crippen MR) is 96.3 cm³/mol. The van der Waals surface area contributed by atoms with E-state index in [1.54, 1.807) is 7.11 Å². The summed E-state index contributed by atoms with van der Waals surface area (Å²) in [5.74, 6) is 0.591. The lowest BCUT2D eigenvalue weighted by molar-refractivity contribution is 0.122. The van der Waals surface area contributed by atoms with Crippen LogP contribution < -0.4 is 15.0 Å². The van der Waals surface area contributed by atoms with E-state index in [2.05, 4.69) is 10.2 Å². The van der Waals surface area contributed by atoms with Crippen LogP contribution in [-0.4, -0.2) is 39.5 Å². The fourth-order valence-corrected chi connectivity index (χ4v) is 2.68.